The third-order valence-corrected chi connectivity index (χ3v) is 5.22. The molecule has 0 radical (unpaired) electrons. The van der Waals surface area contributed by atoms with Crippen molar-refractivity contribution in [2.75, 3.05) is 58.5 Å². The predicted octanol–water partition coefficient (Wildman–Crippen LogP) is 2.58. The fraction of sp³-hybridized carbons (Fsp3) is 0.364. The number of para-hydroxylation sites is 2. The fourth-order valence-corrected chi connectivity index (χ4v) is 3.60. The van der Waals surface area contributed by atoms with E-state index >= 15 is 0 Å². The number of hydrogen-bond acceptors (Lipinski definition) is 6. The number of rotatable bonds is 6. The van der Waals surface area contributed by atoms with Crippen LogP contribution in [-0.2, 0) is 9.47 Å². The Morgan fingerprint density at radius 3 is 2.55 bits per heavy atom. The highest BCUT2D eigenvalue weighted by Crippen LogP contribution is 2.26. The van der Waals surface area contributed by atoms with Crippen LogP contribution in [0.3, 0.4) is 0 Å². The number of esters is 1. The summed E-state index contributed by atoms with van der Waals surface area (Å²) in [5.74, 6) is -0.180. The number of likely N-dealkylation sites (N-methyl/N-ethyl adjacent to an activating group) is 1. The van der Waals surface area contributed by atoms with Crippen molar-refractivity contribution < 1.29 is 14.3 Å². The Kier molecular flexibility index (Phi) is 5.78. The quantitative estimate of drug-likeness (QED) is 0.473. The van der Waals surface area contributed by atoms with E-state index in [4.69, 9.17) is 9.47 Å². The molecule has 0 aliphatic carbocycles. The van der Waals surface area contributed by atoms with E-state index in [9.17, 15) is 4.79 Å². The van der Waals surface area contributed by atoms with Gasteiger partial charge in [0.2, 0.25) is 5.82 Å². The largest absolute Gasteiger partial charge is 0.457 e. The number of piperazine rings is 1. The number of hydrogen-bond donors (Lipinski definition) is 0. The minimum absolute atomic E-state index is 0.194. The minimum Gasteiger partial charge on any atom is -0.457 e. The second kappa shape index (κ2) is 8.63. The van der Waals surface area contributed by atoms with E-state index in [0.29, 0.717) is 6.61 Å². The van der Waals surface area contributed by atoms with Gasteiger partial charge in [0, 0.05) is 44.7 Å². The molecule has 2 aromatic carbocycles. The van der Waals surface area contributed by atoms with Crippen LogP contribution < -0.4 is 4.90 Å². The summed E-state index contributed by atoms with van der Waals surface area (Å²) in [6, 6.07) is 16.0. The lowest BCUT2D eigenvalue weighted by Gasteiger charge is -2.34. The van der Waals surface area contributed by atoms with Gasteiger partial charge in [-0.25, -0.2) is 9.78 Å². The van der Waals surface area contributed by atoms with Gasteiger partial charge in [-0.15, -0.1) is 0 Å². The summed E-state index contributed by atoms with van der Waals surface area (Å²) in [6.07, 6.45) is 0. The van der Waals surface area contributed by atoms with Crippen molar-refractivity contribution in [3.05, 3.63) is 54.4 Å². The van der Waals surface area contributed by atoms with Crippen LogP contribution in [0.2, 0.25) is 0 Å². The Bertz CT molecular complexity index is 993. The van der Waals surface area contributed by atoms with Crippen molar-refractivity contribution in [3.8, 4) is 5.69 Å². The van der Waals surface area contributed by atoms with Crippen LogP contribution in [0.25, 0.3) is 16.7 Å². The van der Waals surface area contributed by atoms with E-state index in [2.05, 4.69) is 34.0 Å². The zero-order valence-electron chi connectivity index (χ0n) is 16.9. The van der Waals surface area contributed by atoms with Gasteiger partial charge in [0.05, 0.1) is 17.6 Å². The van der Waals surface area contributed by atoms with Gasteiger partial charge in [0.15, 0.2) is 0 Å². The van der Waals surface area contributed by atoms with Crippen molar-refractivity contribution in [2.45, 2.75) is 0 Å². The van der Waals surface area contributed by atoms with E-state index in [1.54, 1.807) is 7.11 Å². The summed E-state index contributed by atoms with van der Waals surface area (Å²) in [6.45, 7) is 4.59. The molecular formula is C22H26N4O3. The zero-order valence-corrected chi connectivity index (χ0v) is 16.9. The molecule has 152 valence electrons. The molecule has 0 saturated carbocycles. The lowest BCUT2D eigenvalue weighted by molar-refractivity contribution is 0.0373. The van der Waals surface area contributed by atoms with Crippen molar-refractivity contribution in [3.63, 3.8) is 0 Å². The minimum atomic E-state index is -0.455. The van der Waals surface area contributed by atoms with Crippen molar-refractivity contribution in [1.82, 2.24) is 14.5 Å². The number of methoxy groups -OCH3 is 1. The fourth-order valence-electron chi connectivity index (χ4n) is 3.60. The molecule has 29 heavy (non-hydrogen) atoms. The van der Waals surface area contributed by atoms with Crippen molar-refractivity contribution >= 4 is 22.7 Å². The maximum absolute atomic E-state index is 12.7. The molecule has 1 aliphatic heterocycles. The second-order valence-electron chi connectivity index (χ2n) is 7.20. The van der Waals surface area contributed by atoms with E-state index in [1.165, 1.54) is 0 Å². The normalized spacial score (nSPS) is 15.0. The first-order chi connectivity index (χ1) is 14.2. The number of nitrogens with zero attached hydrogens (tertiary/aromatic N) is 4. The van der Waals surface area contributed by atoms with E-state index in [1.807, 2.05) is 41.0 Å². The second-order valence-corrected chi connectivity index (χ2v) is 7.20. The van der Waals surface area contributed by atoms with E-state index in [0.717, 1.165) is 48.6 Å². The number of fused-ring (bicyclic) bond motifs is 1. The molecule has 2 heterocycles. The first kappa shape index (κ1) is 19.4. The summed E-state index contributed by atoms with van der Waals surface area (Å²) in [4.78, 5) is 22.0. The van der Waals surface area contributed by atoms with Gasteiger partial charge in [0.25, 0.3) is 0 Å². The monoisotopic (exact) mass is 394 g/mol. The summed E-state index contributed by atoms with van der Waals surface area (Å²) in [5, 5.41) is 0. The standard InChI is InChI=1S/C22H26N4O3/c1-24-10-12-25(13-11-24)17-6-5-7-18(16-17)26-20-9-4-3-8-19(20)23-21(26)22(27)29-15-14-28-2/h3-9,16H,10-15H2,1-2H3. The highest BCUT2D eigenvalue weighted by atomic mass is 16.6. The first-order valence-electron chi connectivity index (χ1n) is 9.85. The molecule has 0 spiro atoms. The number of anilines is 1. The van der Waals surface area contributed by atoms with Gasteiger partial charge in [-0.2, -0.15) is 0 Å². The average molecular weight is 394 g/mol. The molecule has 7 heteroatoms. The third-order valence-electron chi connectivity index (χ3n) is 5.22. The lowest BCUT2D eigenvalue weighted by Crippen LogP contribution is -2.44. The van der Waals surface area contributed by atoms with E-state index < -0.39 is 5.97 Å². The highest BCUT2D eigenvalue weighted by Gasteiger charge is 2.21. The molecule has 1 saturated heterocycles. The maximum Gasteiger partial charge on any atom is 0.375 e. The van der Waals surface area contributed by atoms with Crippen LogP contribution in [0.15, 0.2) is 48.5 Å². The maximum atomic E-state index is 12.7. The molecule has 0 unspecified atom stereocenters. The summed E-state index contributed by atoms with van der Waals surface area (Å²) in [7, 11) is 3.72. The molecule has 3 aromatic rings. The number of carbonyl (C=O) groups excluding carboxylic acids is 1. The van der Waals surface area contributed by atoms with Gasteiger partial charge >= 0.3 is 5.97 Å². The molecule has 0 bridgehead atoms. The number of ether oxygens (including phenoxy) is 2. The molecular weight excluding hydrogens is 368 g/mol. The van der Waals surface area contributed by atoms with E-state index in [-0.39, 0.29) is 12.4 Å². The predicted molar refractivity (Wildman–Crippen MR) is 113 cm³/mol. The molecule has 0 atom stereocenters. The molecule has 0 amide bonds. The Balaban J connectivity index is 1.72. The Labute approximate surface area is 170 Å². The van der Waals surface area contributed by atoms with Crippen LogP contribution in [-0.4, -0.2) is 74.0 Å². The Morgan fingerprint density at radius 1 is 1.00 bits per heavy atom. The topological polar surface area (TPSA) is 59.8 Å². The number of benzene rings is 2. The summed E-state index contributed by atoms with van der Waals surface area (Å²) >= 11 is 0. The molecule has 4 rings (SSSR count). The molecule has 1 fully saturated rings. The van der Waals surface area contributed by atoms with Gasteiger partial charge in [-0.3, -0.25) is 4.57 Å². The van der Waals surface area contributed by atoms with Crippen molar-refractivity contribution in [2.24, 2.45) is 0 Å². The van der Waals surface area contributed by atoms with Crippen molar-refractivity contribution in [1.29, 1.82) is 0 Å². The number of aromatic nitrogens is 2. The number of imidazole rings is 1. The third kappa shape index (κ3) is 4.11. The zero-order chi connectivity index (χ0) is 20.2. The average Bonchev–Trinajstić information content (AvgIpc) is 3.14. The summed E-state index contributed by atoms with van der Waals surface area (Å²) < 4.78 is 12.2. The van der Waals surface area contributed by atoms with Crippen LogP contribution in [0.1, 0.15) is 10.6 Å². The van der Waals surface area contributed by atoms with Gasteiger partial charge in [0.1, 0.15) is 6.61 Å². The van der Waals surface area contributed by atoms with Crippen LogP contribution in [0.5, 0.6) is 0 Å². The van der Waals surface area contributed by atoms with Gasteiger partial charge in [-0.05, 0) is 37.4 Å². The molecule has 1 aromatic heterocycles. The highest BCUT2D eigenvalue weighted by molar-refractivity contribution is 5.92. The van der Waals surface area contributed by atoms with Crippen LogP contribution in [0.4, 0.5) is 5.69 Å². The molecule has 7 nitrogen and oxygen atoms in total. The van der Waals surface area contributed by atoms with Gasteiger partial charge < -0.3 is 19.3 Å². The van der Waals surface area contributed by atoms with Crippen LogP contribution >= 0.6 is 0 Å². The smallest absolute Gasteiger partial charge is 0.375 e. The molecule has 1 aliphatic rings. The number of carbonyl (C=O) groups is 1. The SMILES string of the molecule is COCCOC(=O)c1nc2ccccc2n1-c1cccc(N2CCN(C)CC2)c1. The van der Waals surface area contributed by atoms with Crippen LogP contribution in [0, 0.1) is 0 Å². The van der Waals surface area contributed by atoms with Gasteiger partial charge in [-0.1, -0.05) is 18.2 Å². The first-order valence-corrected chi connectivity index (χ1v) is 9.85. The lowest BCUT2D eigenvalue weighted by atomic mass is 10.2. The molecule has 0 N–H and O–H groups in total. The summed E-state index contributed by atoms with van der Waals surface area (Å²) in [5.41, 5.74) is 3.68. The Hall–Kier alpha value is -2.90. The Morgan fingerprint density at radius 2 is 1.76 bits per heavy atom.